The normalized spacial score (nSPS) is 12.7. The van der Waals surface area contributed by atoms with Gasteiger partial charge in [-0.15, -0.1) is 0 Å². The Morgan fingerprint density at radius 1 is 1.45 bits per heavy atom. The van der Waals surface area contributed by atoms with Crippen LogP contribution in [0.2, 0.25) is 0 Å². The number of benzene rings is 1. The molecular weight excluding hydrogens is 254 g/mol. The van der Waals surface area contributed by atoms with Crippen LogP contribution >= 0.6 is 0 Å². The van der Waals surface area contributed by atoms with Crippen molar-refractivity contribution in [3.8, 4) is 5.75 Å². The minimum absolute atomic E-state index is 0.0447. The second kappa shape index (κ2) is 8.38. The Hall–Kier alpha value is -1.81. The Morgan fingerprint density at radius 3 is 2.80 bits per heavy atom. The molecule has 0 spiro atoms. The smallest absolute Gasteiger partial charge is 0.244 e. The van der Waals surface area contributed by atoms with E-state index in [-0.39, 0.29) is 18.6 Å². The number of carbonyl (C=O) groups is 1. The number of nitrogens with one attached hydrogen (secondary N) is 1. The van der Waals surface area contributed by atoms with E-state index in [0.29, 0.717) is 5.92 Å². The van der Waals surface area contributed by atoms with Gasteiger partial charge < -0.3 is 15.2 Å². The van der Waals surface area contributed by atoms with Crippen molar-refractivity contribution in [1.29, 1.82) is 0 Å². The number of amides is 1. The maximum Gasteiger partial charge on any atom is 0.244 e. The molecule has 0 saturated heterocycles. The van der Waals surface area contributed by atoms with Gasteiger partial charge in [-0.1, -0.05) is 26.0 Å². The van der Waals surface area contributed by atoms with E-state index in [2.05, 4.69) is 19.2 Å². The predicted molar refractivity (Wildman–Crippen MR) is 80.5 cm³/mol. The number of aliphatic hydroxyl groups excluding tert-OH is 1. The summed E-state index contributed by atoms with van der Waals surface area (Å²) in [6, 6.07) is 7.26. The third-order valence-corrected chi connectivity index (χ3v) is 2.84. The van der Waals surface area contributed by atoms with Gasteiger partial charge in [-0.25, -0.2) is 0 Å². The first-order chi connectivity index (χ1) is 9.55. The zero-order chi connectivity index (χ0) is 15.0. The van der Waals surface area contributed by atoms with Crippen LogP contribution in [0.15, 0.2) is 30.3 Å². The molecule has 0 aliphatic rings. The lowest BCUT2D eigenvalue weighted by Gasteiger charge is -2.17. The molecule has 1 aromatic carbocycles. The van der Waals surface area contributed by atoms with E-state index in [1.165, 1.54) is 6.08 Å². The van der Waals surface area contributed by atoms with E-state index < -0.39 is 0 Å². The van der Waals surface area contributed by atoms with Gasteiger partial charge in [-0.05, 0) is 36.1 Å². The van der Waals surface area contributed by atoms with Gasteiger partial charge in [-0.3, -0.25) is 4.79 Å². The Labute approximate surface area is 120 Å². The van der Waals surface area contributed by atoms with Crippen molar-refractivity contribution in [1.82, 2.24) is 5.32 Å². The number of rotatable bonds is 7. The summed E-state index contributed by atoms with van der Waals surface area (Å²) in [7, 11) is 1.60. The molecule has 2 N–H and O–H groups in total. The third kappa shape index (κ3) is 5.89. The molecule has 110 valence electrons. The topological polar surface area (TPSA) is 58.6 Å². The summed E-state index contributed by atoms with van der Waals surface area (Å²) in [4.78, 5) is 11.8. The molecule has 1 atom stereocenters. The van der Waals surface area contributed by atoms with E-state index in [4.69, 9.17) is 4.74 Å². The quantitative estimate of drug-likeness (QED) is 0.751. The monoisotopic (exact) mass is 277 g/mol. The van der Waals surface area contributed by atoms with Crippen molar-refractivity contribution in [3.05, 3.63) is 35.9 Å². The van der Waals surface area contributed by atoms with E-state index in [0.717, 1.165) is 17.7 Å². The van der Waals surface area contributed by atoms with Crippen molar-refractivity contribution in [3.63, 3.8) is 0 Å². The van der Waals surface area contributed by atoms with Crippen LogP contribution in [-0.4, -0.2) is 30.8 Å². The Balaban J connectivity index is 2.57. The lowest BCUT2D eigenvalue weighted by molar-refractivity contribution is -0.117. The molecule has 1 rings (SSSR count). The molecule has 1 amide bonds. The molecule has 1 aromatic rings. The minimum Gasteiger partial charge on any atom is -0.497 e. The number of carbonyl (C=O) groups excluding carboxylic acids is 1. The number of ether oxygens (including phenoxy) is 1. The van der Waals surface area contributed by atoms with Gasteiger partial charge in [-0.2, -0.15) is 0 Å². The van der Waals surface area contributed by atoms with Crippen LogP contribution in [0.1, 0.15) is 25.8 Å². The Morgan fingerprint density at radius 2 is 2.20 bits per heavy atom. The molecule has 4 nitrogen and oxygen atoms in total. The number of aliphatic hydroxyl groups is 1. The van der Waals surface area contributed by atoms with Crippen molar-refractivity contribution in [2.75, 3.05) is 13.7 Å². The van der Waals surface area contributed by atoms with Crippen LogP contribution in [0.4, 0.5) is 0 Å². The minimum atomic E-state index is -0.201. The maximum absolute atomic E-state index is 11.8. The first-order valence-electron chi connectivity index (χ1n) is 6.78. The molecule has 0 fully saturated rings. The summed E-state index contributed by atoms with van der Waals surface area (Å²) in [5.74, 6) is 0.975. The second-order valence-corrected chi connectivity index (χ2v) is 5.13. The van der Waals surface area contributed by atoms with Gasteiger partial charge in [0.2, 0.25) is 5.91 Å². The van der Waals surface area contributed by atoms with Crippen LogP contribution in [0.25, 0.3) is 6.08 Å². The molecule has 0 saturated carbocycles. The first-order valence-corrected chi connectivity index (χ1v) is 6.78. The Kier molecular flexibility index (Phi) is 6.81. The highest BCUT2D eigenvalue weighted by Crippen LogP contribution is 2.13. The van der Waals surface area contributed by atoms with Crippen molar-refractivity contribution >= 4 is 12.0 Å². The number of methoxy groups -OCH3 is 1. The fourth-order valence-corrected chi connectivity index (χ4v) is 1.91. The maximum atomic E-state index is 11.8. The standard InChI is InChI=1S/C16H23NO3/c1-12(2)9-14(11-18)17-16(19)8-7-13-5-4-6-15(10-13)20-3/h4-8,10,12,14,18H,9,11H2,1-3H3,(H,17,19)/b8-7+. The summed E-state index contributed by atoms with van der Waals surface area (Å²) >= 11 is 0. The van der Waals surface area contributed by atoms with E-state index in [1.807, 2.05) is 24.3 Å². The summed E-state index contributed by atoms with van der Waals surface area (Å²) in [5.41, 5.74) is 0.893. The van der Waals surface area contributed by atoms with E-state index in [9.17, 15) is 9.90 Å². The molecule has 20 heavy (non-hydrogen) atoms. The SMILES string of the molecule is COc1cccc(/C=C/C(=O)NC(CO)CC(C)C)c1. The van der Waals surface area contributed by atoms with Gasteiger partial charge in [0, 0.05) is 6.08 Å². The summed E-state index contributed by atoms with van der Waals surface area (Å²) < 4.78 is 5.12. The van der Waals surface area contributed by atoms with Crippen LogP contribution in [0.3, 0.4) is 0 Å². The highest BCUT2D eigenvalue weighted by atomic mass is 16.5. The second-order valence-electron chi connectivity index (χ2n) is 5.13. The first kappa shape index (κ1) is 16.2. The molecule has 4 heteroatoms. The lowest BCUT2D eigenvalue weighted by Crippen LogP contribution is -2.37. The highest BCUT2D eigenvalue weighted by molar-refractivity contribution is 5.91. The van der Waals surface area contributed by atoms with Gasteiger partial charge in [0.1, 0.15) is 5.75 Å². The van der Waals surface area contributed by atoms with Crippen molar-refractivity contribution < 1.29 is 14.6 Å². The highest BCUT2D eigenvalue weighted by Gasteiger charge is 2.11. The number of hydrogen-bond donors (Lipinski definition) is 2. The van der Waals surface area contributed by atoms with Crippen LogP contribution in [0.5, 0.6) is 5.75 Å². The van der Waals surface area contributed by atoms with Gasteiger partial charge >= 0.3 is 0 Å². The van der Waals surface area contributed by atoms with Crippen LogP contribution < -0.4 is 10.1 Å². The van der Waals surface area contributed by atoms with Crippen LogP contribution in [-0.2, 0) is 4.79 Å². The Bertz CT molecular complexity index is 455. The molecular formula is C16H23NO3. The third-order valence-electron chi connectivity index (χ3n) is 2.84. The summed E-state index contributed by atoms with van der Waals surface area (Å²) in [6.07, 6.45) is 3.95. The molecule has 0 heterocycles. The van der Waals surface area contributed by atoms with Gasteiger partial charge in [0.05, 0.1) is 19.8 Å². The summed E-state index contributed by atoms with van der Waals surface area (Å²) in [6.45, 7) is 4.07. The average Bonchev–Trinajstić information content (AvgIpc) is 2.44. The average molecular weight is 277 g/mol. The fourth-order valence-electron chi connectivity index (χ4n) is 1.91. The summed E-state index contributed by atoms with van der Waals surface area (Å²) in [5, 5.41) is 12.0. The van der Waals surface area contributed by atoms with E-state index in [1.54, 1.807) is 13.2 Å². The zero-order valence-electron chi connectivity index (χ0n) is 12.3. The van der Waals surface area contributed by atoms with Crippen LogP contribution in [0, 0.1) is 5.92 Å². The molecule has 0 radical (unpaired) electrons. The van der Waals surface area contributed by atoms with Crippen molar-refractivity contribution in [2.45, 2.75) is 26.3 Å². The number of hydrogen-bond acceptors (Lipinski definition) is 3. The zero-order valence-corrected chi connectivity index (χ0v) is 12.3. The molecule has 0 bridgehead atoms. The lowest BCUT2D eigenvalue weighted by atomic mass is 10.0. The van der Waals surface area contributed by atoms with Crippen molar-refractivity contribution in [2.24, 2.45) is 5.92 Å². The molecule has 0 aliphatic heterocycles. The largest absolute Gasteiger partial charge is 0.497 e. The van der Waals surface area contributed by atoms with E-state index >= 15 is 0 Å². The molecule has 1 unspecified atom stereocenters. The fraction of sp³-hybridized carbons (Fsp3) is 0.438. The van der Waals surface area contributed by atoms with Gasteiger partial charge in [0.25, 0.3) is 0 Å². The molecule has 0 aromatic heterocycles. The molecule has 0 aliphatic carbocycles. The predicted octanol–water partition coefficient (Wildman–Crippen LogP) is 2.23. The van der Waals surface area contributed by atoms with Gasteiger partial charge in [0.15, 0.2) is 0 Å².